The first-order chi connectivity index (χ1) is 10.1. The predicted molar refractivity (Wildman–Crippen MR) is 81.4 cm³/mol. The molecule has 0 aliphatic heterocycles. The summed E-state index contributed by atoms with van der Waals surface area (Å²) in [6.45, 7) is 2.95. The van der Waals surface area contributed by atoms with Crippen molar-refractivity contribution < 1.29 is 9.66 Å². The minimum atomic E-state index is -0.422. The van der Waals surface area contributed by atoms with Gasteiger partial charge in [0, 0.05) is 12.6 Å². The number of nitro groups is 1. The predicted octanol–water partition coefficient (Wildman–Crippen LogP) is 3.20. The molecule has 5 nitrogen and oxygen atoms in total. The van der Waals surface area contributed by atoms with Gasteiger partial charge in [-0.3, -0.25) is 10.1 Å². The van der Waals surface area contributed by atoms with Crippen LogP contribution >= 0.6 is 0 Å². The zero-order chi connectivity index (χ0) is 15.2. The van der Waals surface area contributed by atoms with E-state index in [2.05, 4.69) is 5.32 Å². The van der Waals surface area contributed by atoms with Crippen LogP contribution in [0.15, 0.2) is 42.5 Å². The minimum absolute atomic E-state index is 0.0116. The van der Waals surface area contributed by atoms with Gasteiger partial charge in [-0.2, -0.15) is 0 Å². The van der Waals surface area contributed by atoms with E-state index in [1.165, 1.54) is 6.07 Å². The van der Waals surface area contributed by atoms with Gasteiger partial charge in [-0.15, -0.1) is 0 Å². The summed E-state index contributed by atoms with van der Waals surface area (Å²) < 4.78 is 5.66. The van der Waals surface area contributed by atoms with Crippen molar-refractivity contribution in [2.75, 3.05) is 7.05 Å². The molecule has 110 valence electrons. The van der Waals surface area contributed by atoms with Gasteiger partial charge in [0.2, 0.25) is 0 Å². The normalized spacial score (nSPS) is 10.4. The van der Waals surface area contributed by atoms with Crippen molar-refractivity contribution in [2.45, 2.75) is 20.1 Å². The molecule has 0 spiro atoms. The lowest BCUT2D eigenvalue weighted by atomic mass is 10.1. The SMILES string of the molecule is CNCc1ccc([N+](=O)[O-])c(OCc2cccc(C)c2)c1. The highest BCUT2D eigenvalue weighted by atomic mass is 16.6. The molecular formula is C16H18N2O3. The van der Waals surface area contributed by atoms with Crippen LogP contribution in [0.25, 0.3) is 0 Å². The highest BCUT2D eigenvalue weighted by molar-refractivity contribution is 5.48. The lowest BCUT2D eigenvalue weighted by Crippen LogP contribution is -2.06. The number of benzene rings is 2. The number of hydrogen-bond acceptors (Lipinski definition) is 4. The molecule has 0 bridgehead atoms. The van der Waals surface area contributed by atoms with Gasteiger partial charge in [0.25, 0.3) is 0 Å². The highest BCUT2D eigenvalue weighted by Crippen LogP contribution is 2.28. The molecule has 0 saturated carbocycles. The first kappa shape index (κ1) is 15.0. The van der Waals surface area contributed by atoms with E-state index in [1.54, 1.807) is 12.1 Å². The molecule has 2 rings (SSSR count). The van der Waals surface area contributed by atoms with E-state index in [0.717, 1.165) is 16.7 Å². The molecule has 0 fully saturated rings. The van der Waals surface area contributed by atoms with Crippen LogP contribution in [0.1, 0.15) is 16.7 Å². The van der Waals surface area contributed by atoms with Gasteiger partial charge in [-0.1, -0.05) is 35.9 Å². The number of nitrogens with one attached hydrogen (secondary N) is 1. The Morgan fingerprint density at radius 1 is 1.19 bits per heavy atom. The minimum Gasteiger partial charge on any atom is -0.482 e. The number of hydrogen-bond donors (Lipinski definition) is 1. The Hall–Kier alpha value is -2.40. The Labute approximate surface area is 123 Å². The average Bonchev–Trinajstić information content (AvgIpc) is 2.45. The zero-order valence-corrected chi connectivity index (χ0v) is 12.1. The summed E-state index contributed by atoms with van der Waals surface area (Å²) in [4.78, 5) is 10.6. The first-order valence-corrected chi connectivity index (χ1v) is 6.70. The standard InChI is InChI=1S/C16H18N2O3/c1-12-4-3-5-14(8-12)11-21-16-9-13(10-17-2)6-7-15(16)18(19)20/h3-9,17H,10-11H2,1-2H3. The Balaban J connectivity index is 2.20. The average molecular weight is 286 g/mol. The molecule has 0 aliphatic rings. The van der Waals surface area contributed by atoms with Crippen LogP contribution in [0.3, 0.4) is 0 Å². The molecule has 1 N–H and O–H groups in total. The fourth-order valence-corrected chi connectivity index (χ4v) is 2.10. The topological polar surface area (TPSA) is 64.4 Å². The van der Waals surface area contributed by atoms with Crippen LogP contribution in [-0.4, -0.2) is 12.0 Å². The molecule has 21 heavy (non-hydrogen) atoms. The molecule has 0 heterocycles. The lowest BCUT2D eigenvalue weighted by Gasteiger charge is -2.09. The summed E-state index contributed by atoms with van der Waals surface area (Å²) >= 11 is 0. The third kappa shape index (κ3) is 4.03. The molecular weight excluding hydrogens is 268 g/mol. The fourth-order valence-electron chi connectivity index (χ4n) is 2.10. The smallest absolute Gasteiger partial charge is 0.310 e. The Bertz CT molecular complexity index is 641. The Morgan fingerprint density at radius 2 is 2.00 bits per heavy atom. The third-order valence-electron chi connectivity index (χ3n) is 3.08. The lowest BCUT2D eigenvalue weighted by molar-refractivity contribution is -0.386. The van der Waals surface area contributed by atoms with E-state index in [-0.39, 0.29) is 5.69 Å². The van der Waals surface area contributed by atoms with Crippen LogP contribution in [0.5, 0.6) is 5.75 Å². The molecule has 2 aromatic rings. The molecule has 0 atom stereocenters. The van der Waals surface area contributed by atoms with Gasteiger partial charge in [0.15, 0.2) is 5.75 Å². The van der Waals surface area contributed by atoms with Crippen molar-refractivity contribution in [1.29, 1.82) is 0 Å². The molecule has 0 unspecified atom stereocenters. The molecule has 2 aromatic carbocycles. The molecule has 0 radical (unpaired) electrons. The molecule has 5 heteroatoms. The number of nitro benzene ring substituents is 1. The van der Waals surface area contributed by atoms with E-state index in [9.17, 15) is 10.1 Å². The maximum absolute atomic E-state index is 11.1. The van der Waals surface area contributed by atoms with E-state index < -0.39 is 4.92 Å². The summed E-state index contributed by atoms with van der Waals surface area (Å²) in [6.07, 6.45) is 0. The van der Waals surface area contributed by atoms with Crippen molar-refractivity contribution in [3.8, 4) is 5.75 Å². The van der Waals surface area contributed by atoms with Crippen molar-refractivity contribution in [2.24, 2.45) is 0 Å². The largest absolute Gasteiger partial charge is 0.482 e. The van der Waals surface area contributed by atoms with Crippen molar-refractivity contribution in [1.82, 2.24) is 5.32 Å². The summed E-state index contributed by atoms with van der Waals surface area (Å²) in [7, 11) is 1.83. The summed E-state index contributed by atoms with van der Waals surface area (Å²) in [5, 5.41) is 14.1. The van der Waals surface area contributed by atoms with Crippen molar-refractivity contribution in [3.63, 3.8) is 0 Å². The van der Waals surface area contributed by atoms with Crippen LogP contribution in [0.2, 0.25) is 0 Å². The Morgan fingerprint density at radius 3 is 2.67 bits per heavy atom. The second-order valence-corrected chi connectivity index (χ2v) is 4.87. The maximum atomic E-state index is 11.1. The number of nitrogens with zero attached hydrogens (tertiary/aromatic N) is 1. The molecule has 0 saturated heterocycles. The maximum Gasteiger partial charge on any atom is 0.310 e. The van der Waals surface area contributed by atoms with Gasteiger partial charge in [0.05, 0.1) is 4.92 Å². The zero-order valence-electron chi connectivity index (χ0n) is 12.1. The second-order valence-electron chi connectivity index (χ2n) is 4.87. The van der Waals surface area contributed by atoms with Crippen molar-refractivity contribution in [3.05, 3.63) is 69.3 Å². The van der Waals surface area contributed by atoms with E-state index in [4.69, 9.17) is 4.74 Å². The quantitative estimate of drug-likeness (QED) is 0.654. The third-order valence-corrected chi connectivity index (χ3v) is 3.08. The van der Waals surface area contributed by atoms with Gasteiger partial charge in [-0.25, -0.2) is 0 Å². The Kier molecular flexibility index (Phi) is 4.90. The van der Waals surface area contributed by atoms with E-state index in [0.29, 0.717) is 18.9 Å². The van der Waals surface area contributed by atoms with Crippen molar-refractivity contribution >= 4 is 5.69 Å². The van der Waals surface area contributed by atoms with E-state index >= 15 is 0 Å². The summed E-state index contributed by atoms with van der Waals surface area (Å²) in [6, 6.07) is 12.8. The van der Waals surface area contributed by atoms with Gasteiger partial charge >= 0.3 is 5.69 Å². The van der Waals surface area contributed by atoms with Gasteiger partial charge < -0.3 is 10.1 Å². The van der Waals surface area contributed by atoms with Crippen LogP contribution in [0, 0.1) is 17.0 Å². The van der Waals surface area contributed by atoms with Crippen LogP contribution in [-0.2, 0) is 13.2 Å². The summed E-state index contributed by atoms with van der Waals surface area (Å²) in [5.41, 5.74) is 3.06. The molecule has 0 aromatic heterocycles. The van der Waals surface area contributed by atoms with Gasteiger partial charge in [0.1, 0.15) is 6.61 Å². The van der Waals surface area contributed by atoms with E-state index in [1.807, 2.05) is 38.2 Å². The molecule has 0 amide bonds. The fraction of sp³-hybridized carbons (Fsp3) is 0.250. The molecule has 0 aliphatic carbocycles. The first-order valence-electron chi connectivity index (χ1n) is 6.70. The number of aryl methyl sites for hydroxylation is 1. The number of ether oxygens (including phenoxy) is 1. The van der Waals surface area contributed by atoms with Crippen LogP contribution in [0.4, 0.5) is 5.69 Å². The highest BCUT2D eigenvalue weighted by Gasteiger charge is 2.15. The second kappa shape index (κ2) is 6.85. The van der Waals surface area contributed by atoms with Crippen LogP contribution < -0.4 is 10.1 Å². The summed E-state index contributed by atoms with van der Waals surface area (Å²) in [5.74, 6) is 0.300. The number of rotatable bonds is 6. The monoisotopic (exact) mass is 286 g/mol. The van der Waals surface area contributed by atoms with Gasteiger partial charge in [-0.05, 0) is 31.2 Å².